The second-order valence-electron chi connectivity index (χ2n) is 7.33. The van der Waals surface area contributed by atoms with Gasteiger partial charge in [-0.1, -0.05) is 25.1 Å². The second kappa shape index (κ2) is 9.74. The van der Waals surface area contributed by atoms with E-state index in [-0.39, 0.29) is 17.7 Å². The number of likely N-dealkylation sites (N-methyl/N-ethyl adjacent to an activating group) is 1. The predicted octanol–water partition coefficient (Wildman–Crippen LogP) is 1.86. The molecule has 3 rings (SSSR count). The van der Waals surface area contributed by atoms with Gasteiger partial charge in [-0.3, -0.25) is 9.59 Å². The molecular formula is C21H31N3O3. The van der Waals surface area contributed by atoms with E-state index in [9.17, 15) is 9.59 Å². The first kappa shape index (κ1) is 19.7. The summed E-state index contributed by atoms with van der Waals surface area (Å²) in [7, 11) is 0. The largest absolute Gasteiger partial charge is 0.493 e. The minimum absolute atomic E-state index is 0.0720. The van der Waals surface area contributed by atoms with Gasteiger partial charge >= 0.3 is 0 Å². The SMILES string of the molecule is CCN1CCN(C(=O)C2CCN(C(=O)CCOc3ccccc3)CC2)CC1. The van der Waals surface area contributed by atoms with Crippen LogP contribution in [0.1, 0.15) is 26.2 Å². The van der Waals surface area contributed by atoms with E-state index >= 15 is 0 Å². The number of ether oxygens (including phenoxy) is 1. The maximum Gasteiger partial charge on any atom is 0.225 e. The van der Waals surface area contributed by atoms with Crippen molar-refractivity contribution < 1.29 is 14.3 Å². The molecule has 2 aliphatic heterocycles. The van der Waals surface area contributed by atoms with Crippen LogP contribution in [-0.2, 0) is 9.59 Å². The summed E-state index contributed by atoms with van der Waals surface area (Å²) in [4.78, 5) is 31.4. The Hall–Kier alpha value is -2.08. The molecule has 0 N–H and O–H groups in total. The average Bonchev–Trinajstić information content (AvgIpc) is 2.74. The van der Waals surface area contributed by atoms with E-state index < -0.39 is 0 Å². The molecule has 2 amide bonds. The Kier molecular flexibility index (Phi) is 7.10. The third kappa shape index (κ3) is 5.45. The van der Waals surface area contributed by atoms with E-state index in [0.29, 0.717) is 26.1 Å². The predicted molar refractivity (Wildman–Crippen MR) is 105 cm³/mol. The maximum absolute atomic E-state index is 12.7. The molecule has 6 heteroatoms. The summed E-state index contributed by atoms with van der Waals surface area (Å²) in [6.07, 6.45) is 1.93. The fourth-order valence-corrected chi connectivity index (χ4v) is 3.85. The van der Waals surface area contributed by atoms with Crippen molar-refractivity contribution in [3.63, 3.8) is 0 Å². The van der Waals surface area contributed by atoms with Gasteiger partial charge in [0.05, 0.1) is 13.0 Å². The van der Waals surface area contributed by atoms with Crippen LogP contribution in [0, 0.1) is 5.92 Å². The van der Waals surface area contributed by atoms with E-state index in [1.165, 1.54) is 0 Å². The molecule has 0 aliphatic carbocycles. The molecule has 6 nitrogen and oxygen atoms in total. The molecule has 0 bridgehead atoms. The van der Waals surface area contributed by atoms with Crippen molar-refractivity contribution in [3.8, 4) is 5.75 Å². The lowest BCUT2D eigenvalue weighted by atomic mass is 9.94. The quantitative estimate of drug-likeness (QED) is 0.764. The van der Waals surface area contributed by atoms with Crippen LogP contribution in [0.5, 0.6) is 5.75 Å². The first-order valence-electron chi connectivity index (χ1n) is 10.1. The molecule has 0 saturated carbocycles. The standard InChI is InChI=1S/C21H31N3O3/c1-2-22-13-15-24(16-14-22)21(26)18-8-11-23(12-9-18)20(25)10-17-27-19-6-4-3-5-7-19/h3-7,18H,2,8-17H2,1H3. The van der Waals surface area contributed by atoms with Gasteiger partial charge in [0.15, 0.2) is 0 Å². The molecule has 27 heavy (non-hydrogen) atoms. The van der Waals surface area contributed by atoms with Crippen LogP contribution >= 0.6 is 0 Å². The van der Waals surface area contributed by atoms with Crippen molar-refractivity contribution in [2.24, 2.45) is 5.92 Å². The topological polar surface area (TPSA) is 53.1 Å². The lowest BCUT2D eigenvalue weighted by Crippen LogP contribution is -2.51. The first-order chi connectivity index (χ1) is 13.2. The maximum atomic E-state index is 12.7. The Morgan fingerprint density at radius 1 is 0.963 bits per heavy atom. The summed E-state index contributed by atoms with van der Waals surface area (Å²) >= 11 is 0. The van der Waals surface area contributed by atoms with E-state index in [2.05, 4.69) is 11.8 Å². The molecule has 1 aromatic carbocycles. The van der Waals surface area contributed by atoms with Gasteiger partial charge in [-0.25, -0.2) is 0 Å². The van der Waals surface area contributed by atoms with Gasteiger partial charge in [-0.15, -0.1) is 0 Å². The van der Waals surface area contributed by atoms with Gasteiger partial charge in [-0.2, -0.15) is 0 Å². The zero-order valence-corrected chi connectivity index (χ0v) is 16.3. The summed E-state index contributed by atoms with van der Waals surface area (Å²) in [5.74, 6) is 1.26. The number of hydrogen-bond donors (Lipinski definition) is 0. The van der Waals surface area contributed by atoms with Crippen molar-refractivity contribution >= 4 is 11.8 Å². The average molecular weight is 373 g/mol. The number of hydrogen-bond acceptors (Lipinski definition) is 4. The molecule has 2 aliphatic rings. The normalized spacial score (nSPS) is 19.1. The number of piperazine rings is 1. The Balaban J connectivity index is 1.36. The number of carbonyl (C=O) groups excluding carboxylic acids is 2. The second-order valence-corrected chi connectivity index (χ2v) is 7.33. The van der Waals surface area contributed by atoms with Crippen LogP contribution in [0.2, 0.25) is 0 Å². The van der Waals surface area contributed by atoms with Crippen molar-refractivity contribution in [3.05, 3.63) is 30.3 Å². The van der Waals surface area contributed by atoms with Crippen LogP contribution in [0.25, 0.3) is 0 Å². The lowest BCUT2D eigenvalue weighted by molar-refractivity contribution is -0.142. The molecule has 148 valence electrons. The molecule has 0 unspecified atom stereocenters. The van der Waals surface area contributed by atoms with Crippen molar-refractivity contribution in [1.29, 1.82) is 0 Å². The number of benzene rings is 1. The van der Waals surface area contributed by atoms with E-state index in [1.807, 2.05) is 40.1 Å². The number of amides is 2. The summed E-state index contributed by atoms with van der Waals surface area (Å²) in [5.41, 5.74) is 0. The number of nitrogens with zero attached hydrogens (tertiary/aromatic N) is 3. The third-order valence-electron chi connectivity index (χ3n) is 5.66. The molecule has 0 aromatic heterocycles. The number of piperidine rings is 1. The van der Waals surface area contributed by atoms with Crippen LogP contribution in [0.15, 0.2) is 30.3 Å². The number of para-hydroxylation sites is 1. The van der Waals surface area contributed by atoms with Gasteiger partial charge in [0, 0.05) is 45.2 Å². The summed E-state index contributed by atoms with van der Waals surface area (Å²) in [5, 5.41) is 0. The Labute approximate surface area is 162 Å². The number of carbonyl (C=O) groups is 2. The van der Waals surface area contributed by atoms with Crippen molar-refractivity contribution in [2.75, 3.05) is 52.4 Å². The lowest BCUT2D eigenvalue weighted by Gasteiger charge is -2.38. The van der Waals surface area contributed by atoms with E-state index in [4.69, 9.17) is 4.74 Å². The fourth-order valence-electron chi connectivity index (χ4n) is 3.85. The molecule has 0 atom stereocenters. The Morgan fingerprint density at radius 2 is 1.63 bits per heavy atom. The first-order valence-corrected chi connectivity index (χ1v) is 10.1. The Morgan fingerprint density at radius 3 is 2.26 bits per heavy atom. The zero-order valence-electron chi connectivity index (χ0n) is 16.3. The zero-order chi connectivity index (χ0) is 19.1. The summed E-state index contributed by atoms with van der Waals surface area (Å²) in [6.45, 7) is 8.58. The summed E-state index contributed by atoms with van der Waals surface area (Å²) < 4.78 is 5.61. The van der Waals surface area contributed by atoms with Crippen LogP contribution in [-0.4, -0.2) is 78.9 Å². The molecule has 1 aromatic rings. The van der Waals surface area contributed by atoms with Crippen molar-refractivity contribution in [1.82, 2.24) is 14.7 Å². The Bertz CT molecular complexity index is 606. The highest BCUT2D eigenvalue weighted by molar-refractivity contribution is 5.80. The smallest absolute Gasteiger partial charge is 0.225 e. The van der Waals surface area contributed by atoms with Gasteiger partial charge in [0.2, 0.25) is 11.8 Å². The van der Waals surface area contributed by atoms with E-state index in [0.717, 1.165) is 51.3 Å². The number of likely N-dealkylation sites (tertiary alicyclic amines) is 1. The highest BCUT2D eigenvalue weighted by Gasteiger charge is 2.31. The minimum Gasteiger partial charge on any atom is -0.493 e. The van der Waals surface area contributed by atoms with Crippen LogP contribution < -0.4 is 4.74 Å². The van der Waals surface area contributed by atoms with Crippen molar-refractivity contribution in [2.45, 2.75) is 26.2 Å². The molecular weight excluding hydrogens is 342 g/mol. The monoisotopic (exact) mass is 373 g/mol. The fraction of sp³-hybridized carbons (Fsp3) is 0.619. The van der Waals surface area contributed by atoms with Gasteiger partial charge < -0.3 is 19.4 Å². The minimum atomic E-state index is 0.0720. The highest BCUT2D eigenvalue weighted by Crippen LogP contribution is 2.21. The molecule has 0 spiro atoms. The van der Waals surface area contributed by atoms with E-state index in [1.54, 1.807) is 0 Å². The third-order valence-corrected chi connectivity index (χ3v) is 5.66. The molecule has 2 saturated heterocycles. The number of rotatable bonds is 6. The van der Waals surface area contributed by atoms with Crippen LogP contribution in [0.4, 0.5) is 0 Å². The highest BCUT2D eigenvalue weighted by atomic mass is 16.5. The molecule has 0 radical (unpaired) electrons. The molecule has 2 fully saturated rings. The summed E-state index contributed by atoms with van der Waals surface area (Å²) in [6, 6.07) is 9.55. The van der Waals surface area contributed by atoms with Gasteiger partial charge in [0.25, 0.3) is 0 Å². The van der Waals surface area contributed by atoms with Gasteiger partial charge in [-0.05, 0) is 31.5 Å². The van der Waals surface area contributed by atoms with Crippen LogP contribution in [0.3, 0.4) is 0 Å². The van der Waals surface area contributed by atoms with Gasteiger partial charge in [0.1, 0.15) is 5.75 Å². The molecule has 2 heterocycles.